The fourth-order valence-corrected chi connectivity index (χ4v) is 3.64. The highest BCUT2D eigenvalue weighted by atomic mass is 79.9. The quantitative estimate of drug-likeness (QED) is 0.108. The van der Waals surface area contributed by atoms with Gasteiger partial charge in [-0.3, -0.25) is 9.57 Å². The van der Waals surface area contributed by atoms with Crippen molar-refractivity contribution in [2.24, 2.45) is 5.16 Å². The maximum Gasteiger partial charge on any atom is 0.233 e. The summed E-state index contributed by atoms with van der Waals surface area (Å²) < 4.78 is 36.7. The Morgan fingerprint density at radius 1 is 1.50 bits per heavy atom. The molecule has 1 aromatic carbocycles. The summed E-state index contributed by atoms with van der Waals surface area (Å²) in [5.41, 5.74) is 0.563. The number of amidine groups is 1. The zero-order chi connectivity index (χ0) is 20.7. The lowest BCUT2D eigenvalue weighted by atomic mass is 10.3. The fraction of sp³-hybridized carbons (Fsp3) is 0.286. The van der Waals surface area contributed by atoms with Crippen LogP contribution in [0.25, 0.3) is 0 Å². The van der Waals surface area contributed by atoms with Gasteiger partial charge >= 0.3 is 0 Å². The summed E-state index contributed by atoms with van der Waals surface area (Å²) in [6, 6.07) is 4.12. The van der Waals surface area contributed by atoms with Crippen molar-refractivity contribution in [1.82, 2.24) is 15.6 Å². The predicted molar refractivity (Wildman–Crippen MR) is 106 cm³/mol. The number of carbonyl (C=O) groups is 1. The molecule has 0 saturated heterocycles. The topological polar surface area (TPSA) is 154 Å². The molecule has 0 aliphatic rings. The van der Waals surface area contributed by atoms with E-state index in [2.05, 4.69) is 46.7 Å². The van der Waals surface area contributed by atoms with Crippen LogP contribution in [0.15, 0.2) is 37.5 Å². The normalized spacial score (nSPS) is 13.8. The van der Waals surface area contributed by atoms with Crippen molar-refractivity contribution < 1.29 is 23.2 Å². The first-order valence-electron chi connectivity index (χ1n) is 7.57. The van der Waals surface area contributed by atoms with Gasteiger partial charge in [0.2, 0.25) is 11.7 Å². The van der Waals surface area contributed by atoms with Gasteiger partial charge < -0.3 is 15.8 Å². The van der Waals surface area contributed by atoms with Gasteiger partial charge in [0.15, 0.2) is 10.7 Å². The number of nitrogens with one attached hydrogen (secondary N) is 3. The second kappa shape index (κ2) is 9.84. The van der Waals surface area contributed by atoms with Gasteiger partial charge in [-0.1, -0.05) is 16.9 Å². The molecule has 0 spiro atoms. The maximum atomic E-state index is 13.3. The molecule has 1 heterocycles. The van der Waals surface area contributed by atoms with E-state index in [1.165, 1.54) is 36.2 Å². The van der Waals surface area contributed by atoms with Crippen LogP contribution in [-0.4, -0.2) is 55.8 Å². The summed E-state index contributed by atoms with van der Waals surface area (Å²) in [4.78, 5) is 11.5. The highest BCUT2D eigenvalue weighted by molar-refractivity contribution is 9.10. The monoisotopic (exact) mass is 494 g/mol. The molecule has 28 heavy (non-hydrogen) atoms. The number of amides is 1. The minimum absolute atomic E-state index is 0.0637. The summed E-state index contributed by atoms with van der Waals surface area (Å²) in [6.07, 6.45) is 1.19. The minimum Gasteiger partial charge on any atom is -0.409 e. The van der Waals surface area contributed by atoms with E-state index in [4.69, 9.17) is 4.78 Å². The van der Waals surface area contributed by atoms with Crippen molar-refractivity contribution in [3.63, 3.8) is 0 Å². The molecule has 0 radical (unpaired) electrons. The molecule has 0 bridgehead atoms. The second-order valence-electron chi connectivity index (χ2n) is 5.47. The van der Waals surface area contributed by atoms with Crippen LogP contribution in [0.2, 0.25) is 0 Å². The molecule has 152 valence electrons. The van der Waals surface area contributed by atoms with E-state index in [9.17, 15) is 18.6 Å². The molecule has 1 unspecified atom stereocenters. The Morgan fingerprint density at radius 2 is 2.25 bits per heavy atom. The van der Waals surface area contributed by atoms with Crippen molar-refractivity contribution >= 4 is 54.9 Å². The standard InChI is InChI=1S/C14H16BrFN6O4S2/c1-28(17,25)7-11(23)18-4-5-27-14-12(21-26-22-14)13(20-24)19-8-2-3-10(16)9(15)6-8/h2-3,6,17,24H,4-5,7H2,1H3,(H,18,23)(H,19,20). The number of thioether (sulfide) groups is 1. The Balaban J connectivity index is 1.95. The zero-order valence-electron chi connectivity index (χ0n) is 14.4. The van der Waals surface area contributed by atoms with Crippen LogP contribution >= 0.6 is 27.7 Å². The van der Waals surface area contributed by atoms with Gasteiger partial charge in [0.05, 0.1) is 14.2 Å². The molecule has 10 nitrogen and oxygen atoms in total. The van der Waals surface area contributed by atoms with Crippen LogP contribution < -0.4 is 10.6 Å². The van der Waals surface area contributed by atoms with E-state index in [0.717, 1.165) is 0 Å². The minimum atomic E-state index is -2.90. The summed E-state index contributed by atoms with van der Waals surface area (Å²) >= 11 is 4.23. The Bertz CT molecular complexity index is 982. The van der Waals surface area contributed by atoms with Gasteiger partial charge in [0.25, 0.3) is 0 Å². The van der Waals surface area contributed by atoms with Crippen LogP contribution in [0.3, 0.4) is 0 Å². The first-order chi connectivity index (χ1) is 13.2. The Kier molecular flexibility index (Phi) is 7.77. The lowest BCUT2D eigenvalue weighted by molar-refractivity contribution is -0.118. The molecule has 0 fully saturated rings. The predicted octanol–water partition coefficient (Wildman–Crippen LogP) is 2.10. The molecule has 0 aliphatic heterocycles. The first kappa shape index (κ1) is 22.1. The van der Waals surface area contributed by atoms with Crippen LogP contribution in [0, 0.1) is 10.6 Å². The van der Waals surface area contributed by atoms with Crippen molar-refractivity contribution in [2.75, 3.05) is 29.6 Å². The van der Waals surface area contributed by atoms with E-state index >= 15 is 0 Å². The molecule has 1 aromatic heterocycles. The molecule has 0 aliphatic carbocycles. The summed E-state index contributed by atoms with van der Waals surface area (Å²) in [5, 5.41) is 25.4. The number of halogens is 2. The number of aromatic nitrogens is 2. The Hall–Kier alpha value is -2.19. The molecule has 14 heteroatoms. The molecule has 1 atom stereocenters. The third-order valence-electron chi connectivity index (χ3n) is 3.03. The van der Waals surface area contributed by atoms with Gasteiger partial charge in [-0.05, 0) is 44.4 Å². The summed E-state index contributed by atoms with van der Waals surface area (Å²) in [6.45, 7) is 0.231. The summed E-state index contributed by atoms with van der Waals surface area (Å²) in [7, 11) is -2.90. The number of carbonyl (C=O) groups excluding carboxylic acids is 1. The SMILES string of the molecule is CS(=N)(=O)CC(=O)NCCSc1nonc1/C(=N\O)Nc1ccc(F)c(Br)c1. The van der Waals surface area contributed by atoms with E-state index < -0.39 is 21.5 Å². The van der Waals surface area contributed by atoms with Crippen LogP contribution in [-0.2, 0) is 14.5 Å². The van der Waals surface area contributed by atoms with Crippen molar-refractivity contribution in [3.8, 4) is 0 Å². The largest absolute Gasteiger partial charge is 0.409 e. The molecular weight excluding hydrogens is 479 g/mol. The van der Waals surface area contributed by atoms with Gasteiger partial charge in [-0.2, -0.15) is 0 Å². The average Bonchev–Trinajstić information content (AvgIpc) is 3.06. The summed E-state index contributed by atoms with van der Waals surface area (Å²) in [5.74, 6) is -0.989. The fourth-order valence-electron chi connectivity index (χ4n) is 1.90. The highest BCUT2D eigenvalue weighted by Gasteiger charge is 2.18. The zero-order valence-corrected chi connectivity index (χ0v) is 17.7. The van der Waals surface area contributed by atoms with E-state index in [1.807, 2.05) is 0 Å². The molecule has 2 aromatic rings. The molecule has 0 saturated carbocycles. The third kappa shape index (κ3) is 6.76. The van der Waals surface area contributed by atoms with Crippen LogP contribution in [0.1, 0.15) is 5.69 Å². The number of rotatable bonds is 8. The molecular formula is C14H16BrFN6O4S2. The number of anilines is 1. The number of oxime groups is 1. The smallest absolute Gasteiger partial charge is 0.233 e. The number of nitrogens with zero attached hydrogens (tertiary/aromatic N) is 3. The van der Waals surface area contributed by atoms with Crippen LogP contribution in [0.4, 0.5) is 10.1 Å². The van der Waals surface area contributed by atoms with Crippen molar-refractivity contribution in [3.05, 3.63) is 34.2 Å². The highest BCUT2D eigenvalue weighted by Crippen LogP contribution is 2.23. The Morgan fingerprint density at radius 3 is 2.89 bits per heavy atom. The van der Waals surface area contributed by atoms with Gasteiger partial charge in [-0.15, -0.1) is 0 Å². The lowest BCUT2D eigenvalue weighted by Crippen LogP contribution is -2.31. The van der Waals surface area contributed by atoms with Crippen molar-refractivity contribution in [2.45, 2.75) is 5.03 Å². The average molecular weight is 495 g/mol. The van der Waals surface area contributed by atoms with Gasteiger partial charge in [-0.25, -0.2) is 13.2 Å². The number of hydrogen-bond acceptors (Lipinski definition) is 9. The van der Waals surface area contributed by atoms with Gasteiger partial charge in [0.1, 0.15) is 11.6 Å². The Labute approximate surface area is 172 Å². The lowest BCUT2D eigenvalue weighted by Gasteiger charge is -2.08. The number of hydrogen-bond donors (Lipinski definition) is 4. The first-order valence-corrected chi connectivity index (χ1v) is 11.5. The maximum absolute atomic E-state index is 13.3. The van der Waals surface area contributed by atoms with E-state index in [1.54, 1.807) is 0 Å². The van der Waals surface area contributed by atoms with Crippen LogP contribution in [0.5, 0.6) is 0 Å². The molecule has 4 N–H and O–H groups in total. The van der Waals surface area contributed by atoms with E-state index in [-0.39, 0.29) is 28.3 Å². The van der Waals surface area contributed by atoms with Gasteiger partial charge in [0, 0.05) is 24.2 Å². The molecule has 2 rings (SSSR count). The second-order valence-corrected chi connectivity index (χ2v) is 9.70. The van der Waals surface area contributed by atoms with E-state index in [0.29, 0.717) is 16.5 Å². The third-order valence-corrected chi connectivity index (χ3v) is 5.40. The number of benzene rings is 1. The molecule has 1 amide bonds. The van der Waals surface area contributed by atoms with Crippen molar-refractivity contribution in [1.29, 1.82) is 4.78 Å².